The SMILES string of the molecule is C1=C(c2c3cc(N4c5ccccc5N(c5ccccc5)c5ccccc54)ccc3c(-c3ccc4ccccc4c3)c3cc(N4c5ccccc5N(c5ccccc5)c5ccccc54)ccc23)CCc2ccccc21. The molecule has 3 aliphatic rings. The molecule has 0 fully saturated rings. The summed E-state index contributed by atoms with van der Waals surface area (Å²) in [6, 6.07) is 96.1. The monoisotopic (exact) mass is 944 g/mol. The zero-order valence-corrected chi connectivity index (χ0v) is 40.6. The number of anilines is 12. The number of nitrogens with zero attached hydrogens (tertiary/aromatic N) is 4. The van der Waals surface area contributed by atoms with Gasteiger partial charge in [0.25, 0.3) is 0 Å². The Morgan fingerprint density at radius 1 is 0.257 bits per heavy atom. The molecule has 0 unspecified atom stereocenters. The van der Waals surface area contributed by atoms with Crippen LogP contribution in [-0.2, 0) is 6.42 Å². The van der Waals surface area contributed by atoms with Crippen molar-refractivity contribution in [2.24, 2.45) is 0 Å². The number of fused-ring (bicyclic) bond motifs is 8. The van der Waals surface area contributed by atoms with Gasteiger partial charge in [-0.1, -0.05) is 164 Å². The van der Waals surface area contributed by atoms with Gasteiger partial charge in [0, 0.05) is 22.7 Å². The fourth-order valence-corrected chi connectivity index (χ4v) is 12.3. The Morgan fingerprint density at radius 3 is 1.18 bits per heavy atom. The van der Waals surface area contributed by atoms with Crippen LogP contribution in [0, 0.1) is 0 Å². The summed E-state index contributed by atoms with van der Waals surface area (Å²) in [5.74, 6) is 0. The van der Waals surface area contributed by atoms with Crippen molar-refractivity contribution >= 4 is 112 Å². The second-order valence-electron chi connectivity index (χ2n) is 19.6. The molecule has 0 spiro atoms. The first-order valence-electron chi connectivity index (χ1n) is 25.7. The highest BCUT2D eigenvalue weighted by Crippen LogP contribution is 2.57. The van der Waals surface area contributed by atoms with Gasteiger partial charge in [0.2, 0.25) is 0 Å². The van der Waals surface area contributed by atoms with Gasteiger partial charge in [0.05, 0.1) is 45.5 Å². The minimum absolute atomic E-state index is 0.937. The third-order valence-electron chi connectivity index (χ3n) is 15.5. The molecule has 74 heavy (non-hydrogen) atoms. The van der Waals surface area contributed by atoms with E-state index in [1.165, 1.54) is 65.7 Å². The second-order valence-corrected chi connectivity index (χ2v) is 19.6. The van der Waals surface area contributed by atoms with Crippen molar-refractivity contribution in [1.82, 2.24) is 0 Å². The van der Waals surface area contributed by atoms with E-state index in [4.69, 9.17) is 0 Å². The van der Waals surface area contributed by atoms with Crippen LogP contribution in [0.2, 0.25) is 0 Å². The third kappa shape index (κ3) is 6.62. The maximum atomic E-state index is 2.49. The predicted molar refractivity (Wildman–Crippen MR) is 313 cm³/mol. The van der Waals surface area contributed by atoms with Crippen LogP contribution >= 0.6 is 0 Å². The summed E-state index contributed by atoms with van der Waals surface area (Å²) in [5.41, 5.74) is 21.3. The summed E-state index contributed by atoms with van der Waals surface area (Å²) in [4.78, 5) is 9.75. The van der Waals surface area contributed by atoms with E-state index in [0.717, 1.165) is 81.1 Å². The lowest BCUT2D eigenvalue weighted by molar-refractivity contribution is 1.00. The maximum absolute atomic E-state index is 2.49. The molecule has 12 aromatic carbocycles. The molecule has 0 radical (unpaired) electrons. The quantitative estimate of drug-likeness (QED) is 0.154. The third-order valence-corrected chi connectivity index (χ3v) is 15.5. The topological polar surface area (TPSA) is 13.0 Å². The van der Waals surface area contributed by atoms with E-state index in [-0.39, 0.29) is 0 Å². The van der Waals surface area contributed by atoms with Crippen molar-refractivity contribution in [2.45, 2.75) is 12.8 Å². The largest absolute Gasteiger partial charge is 0.306 e. The van der Waals surface area contributed by atoms with Gasteiger partial charge in [-0.05, 0) is 182 Å². The zero-order valence-electron chi connectivity index (χ0n) is 40.6. The average Bonchev–Trinajstić information content (AvgIpc) is 3.49. The summed E-state index contributed by atoms with van der Waals surface area (Å²) in [6.45, 7) is 0. The van der Waals surface area contributed by atoms with Crippen molar-refractivity contribution in [3.8, 4) is 11.1 Å². The summed E-state index contributed by atoms with van der Waals surface area (Å²) in [5, 5.41) is 7.38. The van der Waals surface area contributed by atoms with E-state index in [1.54, 1.807) is 0 Å². The van der Waals surface area contributed by atoms with Crippen LogP contribution in [0.25, 0.3) is 55.1 Å². The summed E-state index contributed by atoms with van der Waals surface area (Å²) >= 11 is 0. The Labute approximate surface area is 431 Å². The normalized spacial score (nSPS) is 13.5. The van der Waals surface area contributed by atoms with Gasteiger partial charge in [0.1, 0.15) is 0 Å². The van der Waals surface area contributed by atoms with Crippen LogP contribution < -0.4 is 19.6 Å². The van der Waals surface area contributed by atoms with E-state index in [2.05, 4.69) is 287 Å². The minimum Gasteiger partial charge on any atom is -0.306 e. The Morgan fingerprint density at radius 2 is 0.662 bits per heavy atom. The predicted octanol–water partition coefficient (Wildman–Crippen LogP) is 19.8. The second kappa shape index (κ2) is 17.0. The van der Waals surface area contributed by atoms with E-state index in [9.17, 15) is 0 Å². The van der Waals surface area contributed by atoms with E-state index >= 15 is 0 Å². The van der Waals surface area contributed by atoms with Gasteiger partial charge in [0.15, 0.2) is 0 Å². The Bertz CT molecular complexity index is 4140. The first-order valence-corrected chi connectivity index (χ1v) is 25.7. The summed E-state index contributed by atoms with van der Waals surface area (Å²) in [6.07, 6.45) is 4.39. The molecule has 0 bridgehead atoms. The van der Waals surface area contributed by atoms with Crippen LogP contribution in [0.4, 0.5) is 68.2 Å². The van der Waals surface area contributed by atoms with Crippen LogP contribution in [0.15, 0.2) is 261 Å². The molecule has 2 heterocycles. The molecule has 4 heteroatoms. The molecular formula is C70H48N4. The Kier molecular flexibility index (Phi) is 9.67. The van der Waals surface area contributed by atoms with Gasteiger partial charge in [-0.15, -0.1) is 0 Å². The molecule has 15 rings (SSSR count). The standard InChI is InChI=1S/C70H48N4/c1-3-23-53(24-4-1)71-61-27-11-15-31-65(61)73(66-32-16-12-28-62(66)71)55-39-41-57-59(45-55)69(51-37-35-47-19-7-9-21-49(47)43-51)58-42-40-56(46-60(58)70(57)52-38-36-48-20-8-10-22-50(48)44-52)74-67-33-17-13-29-63(67)72(54-25-5-2-6-26-54)64-30-14-18-34-68(64)74/h1-35,37,39-46H,36,38H2. The maximum Gasteiger partial charge on any atom is 0.0703 e. The van der Waals surface area contributed by atoms with Gasteiger partial charge in [-0.3, -0.25) is 0 Å². The highest BCUT2D eigenvalue weighted by atomic mass is 15.3. The first-order chi connectivity index (χ1) is 36.7. The Balaban J connectivity index is 1.02. The molecule has 2 aliphatic heterocycles. The van der Waals surface area contributed by atoms with Crippen molar-refractivity contribution in [3.63, 3.8) is 0 Å². The first kappa shape index (κ1) is 42.1. The highest BCUT2D eigenvalue weighted by Gasteiger charge is 2.33. The molecule has 0 aromatic heterocycles. The lowest BCUT2D eigenvalue weighted by atomic mass is 9.81. The number of rotatable bonds is 6. The fraction of sp³-hybridized carbons (Fsp3) is 0.0286. The lowest BCUT2D eigenvalue weighted by Gasteiger charge is -2.40. The molecule has 4 nitrogen and oxygen atoms in total. The minimum atomic E-state index is 0.937. The van der Waals surface area contributed by atoms with Gasteiger partial charge >= 0.3 is 0 Å². The highest BCUT2D eigenvalue weighted by molar-refractivity contribution is 6.22. The van der Waals surface area contributed by atoms with E-state index < -0.39 is 0 Å². The molecular weight excluding hydrogens is 897 g/mol. The smallest absolute Gasteiger partial charge is 0.0703 e. The van der Waals surface area contributed by atoms with Crippen molar-refractivity contribution < 1.29 is 0 Å². The molecule has 0 N–H and O–H groups in total. The van der Waals surface area contributed by atoms with Gasteiger partial charge < -0.3 is 19.6 Å². The number of benzene rings is 12. The van der Waals surface area contributed by atoms with Crippen LogP contribution in [0.5, 0.6) is 0 Å². The number of hydrogen-bond donors (Lipinski definition) is 0. The Hall–Kier alpha value is -9.64. The van der Waals surface area contributed by atoms with Crippen LogP contribution in [0.1, 0.15) is 23.1 Å². The zero-order chi connectivity index (χ0) is 48.7. The molecule has 0 saturated carbocycles. The van der Waals surface area contributed by atoms with Gasteiger partial charge in [-0.2, -0.15) is 0 Å². The molecule has 1 aliphatic carbocycles. The van der Waals surface area contributed by atoms with E-state index in [0.29, 0.717) is 0 Å². The number of aryl methyl sites for hydroxylation is 1. The van der Waals surface area contributed by atoms with E-state index in [1.807, 2.05) is 0 Å². The van der Waals surface area contributed by atoms with Crippen molar-refractivity contribution in [2.75, 3.05) is 19.6 Å². The average molecular weight is 945 g/mol. The van der Waals surface area contributed by atoms with Crippen molar-refractivity contribution in [3.05, 3.63) is 278 Å². The number of allylic oxidation sites excluding steroid dienone is 1. The lowest BCUT2D eigenvalue weighted by Crippen LogP contribution is -2.24. The molecule has 0 atom stereocenters. The molecule has 12 aromatic rings. The number of hydrogen-bond acceptors (Lipinski definition) is 4. The van der Waals surface area contributed by atoms with Crippen molar-refractivity contribution in [1.29, 1.82) is 0 Å². The fourth-order valence-electron chi connectivity index (χ4n) is 12.3. The molecule has 348 valence electrons. The molecule has 0 amide bonds. The number of para-hydroxylation sites is 10. The van der Waals surface area contributed by atoms with Crippen LogP contribution in [0.3, 0.4) is 0 Å². The summed E-state index contributed by atoms with van der Waals surface area (Å²) < 4.78 is 0. The van der Waals surface area contributed by atoms with Gasteiger partial charge in [-0.25, -0.2) is 0 Å². The van der Waals surface area contributed by atoms with Crippen LogP contribution in [-0.4, -0.2) is 0 Å². The molecule has 0 saturated heterocycles. The summed E-state index contributed by atoms with van der Waals surface area (Å²) in [7, 11) is 0.